The predicted molar refractivity (Wildman–Crippen MR) is 57.6 cm³/mol. The monoisotopic (exact) mass is 266 g/mol. The molecule has 1 atom stereocenters. The minimum Gasteiger partial charge on any atom is -0.452 e. The van der Waals surface area contributed by atoms with Crippen LogP contribution in [0.1, 0.15) is 12.8 Å². The van der Waals surface area contributed by atoms with Gasteiger partial charge in [-0.05, 0) is 12.8 Å². The van der Waals surface area contributed by atoms with E-state index < -0.39 is 22.3 Å². The number of nitrogens with one attached hydrogen (secondary N) is 1. The van der Waals surface area contributed by atoms with Crippen molar-refractivity contribution in [2.75, 3.05) is 13.7 Å². The Morgan fingerprint density at radius 3 is 2.82 bits per heavy atom. The van der Waals surface area contributed by atoms with Gasteiger partial charge in [0.25, 0.3) is 0 Å². The summed E-state index contributed by atoms with van der Waals surface area (Å²) in [6, 6.07) is -0.748. The molecule has 1 saturated heterocycles. The molecule has 0 saturated carbocycles. The molecule has 10 heteroatoms. The van der Waals surface area contributed by atoms with E-state index >= 15 is 0 Å². The Kier molecular flexibility index (Phi) is 4.12. The second-order valence-corrected chi connectivity index (χ2v) is 5.02. The second-order valence-electron chi connectivity index (χ2n) is 3.39. The maximum absolute atomic E-state index is 11.8. The van der Waals surface area contributed by atoms with Crippen molar-refractivity contribution in [3.8, 4) is 0 Å². The van der Waals surface area contributed by atoms with Crippen LogP contribution >= 0.6 is 0 Å². The number of rotatable bonds is 3. The predicted octanol–water partition coefficient (Wildman–Crippen LogP) is -1.20. The first-order chi connectivity index (χ1) is 7.92. The molecule has 1 fully saturated rings. The lowest BCUT2D eigenvalue weighted by molar-refractivity contribution is 0.177. The van der Waals surface area contributed by atoms with Gasteiger partial charge in [0, 0.05) is 6.54 Å². The Morgan fingerprint density at radius 1 is 1.65 bits per heavy atom. The fourth-order valence-electron chi connectivity index (χ4n) is 1.60. The number of amidine groups is 1. The summed E-state index contributed by atoms with van der Waals surface area (Å²) in [4.78, 5) is 10.9. The maximum Gasteiger partial charge on any atom is 0.421 e. The Bertz CT molecular complexity index is 420. The van der Waals surface area contributed by atoms with Crippen molar-refractivity contribution >= 4 is 22.1 Å². The molecule has 0 aromatic rings. The first-order valence-electron chi connectivity index (χ1n) is 4.77. The topological polar surface area (TPSA) is 134 Å². The highest BCUT2D eigenvalue weighted by Crippen LogP contribution is 2.20. The zero-order valence-corrected chi connectivity index (χ0v) is 9.98. The van der Waals surface area contributed by atoms with E-state index in [1.165, 1.54) is 0 Å². The largest absolute Gasteiger partial charge is 0.452 e. The number of nitrogens with zero attached hydrogens (tertiary/aromatic N) is 2. The average Bonchev–Trinajstić information content (AvgIpc) is 2.76. The van der Waals surface area contributed by atoms with Gasteiger partial charge in [-0.3, -0.25) is 0 Å². The lowest BCUT2D eigenvalue weighted by atomic mass is 10.2. The van der Waals surface area contributed by atoms with Crippen molar-refractivity contribution in [1.29, 1.82) is 0 Å². The number of oxime groups is 1. The van der Waals surface area contributed by atoms with Gasteiger partial charge < -0.3 is 15.7 Å². The van der Waals surface area contributed by atoms with Crippen LogP contribution in [-0.2, 0) is 14.9 Å². The lowest BCUT2D eigenvalue weighted by Gasteiger charge is -2.22. The van der Waals surface area contributed by atoms with Crippen LogP contribution in [0.3, 0.4) is 0 Å². The molecule has 0 aromatic heterocycles. The van der Waals surface area contributed by atoms with E-state index in [-0.39, 0.29) is 12.4 Å². The van der Waals surface area contributed by atoms with E-state index in [0.717, 1.165) is 11.4 Å². The molecule has 1 aliphatic rings. The molecule has 0 radical (unpaired) electrons. The number of hydrogen-bond donors (Lipinski definition) is 3. The van der Waals surface area contributed by atoms with Crippen molar-refractivity contribution in [3.63, 3.8) is 0 Å². The smallest absolute Gasteiger partial charge is 0.421 e. The number of hydrogen-bond acceptors (Lipinski definition) is 6. The maximum atomic E-state index is 11.8. The van der Waals surface area contributed by atoms with Crippen LogP contribution in [-0.4, -0.2) is 49.6 Å². The summed E-state index contributed by atoms with van der Waals surface area (Å²) in [5.41, 5.74) is 5.38. The Balaban J connectivity index is 2.87. The zero-order chi connectivity index (χ0) is 13.1. The third kappa shape index (κ3) is 2.97. The van der Waals surface area contributed by atoms with Crippen LogP contribution in [0.15, 0.2) is 5.16 Å². The van der Waals surface area contributed by atoms with Crippen LogP contribution in [0, 0.1) is 0 Å². The molecule has 0 spiro atoms. The summed E-state index contributed by atoms with van der Waals surface area (Å²) >= 11 is 0. The SMILES string of the molecule is COC(=O)NS(=O)(=O)N1CCCC1C(N)=NO. The molecule has 9 nitrogen and oxygen atoms in total. The quantitative estimate of drug-likeness (QED) is 0.254. The van der Waals surface area contributed by atoms with Crippen LogP contribution < -0.4 is 10.5 Å². The molecule has 1 unspecified atom stereocenters. The van der Waals surface area contributed by atoms with Gasteiger partial charge in [-0.1, -0.05) is 5.16 Å². The Morgan fingerprint density at radius 2 is 2.29 bits per heavy atom. The van der Waals surface area contributed by atoms with E-state index in [2.05, 4.69) is 9.89 Å². The van der Waals surface area contributed by atoms with Gasteiger partial charge in [0.2, 0.25) is 0 Å². The highest BCUT2D eigenvalue weighted by atomic mass is 32.2. The molecular weight excluding hydrogens is 252 g/mol. The molecule has 0 aromatic carbocycles. The molecular formula is C7H14N4O5S. The minimum absolute atomic E-state index is 0.188. The van der Waals surface area contributed by atoms with E-state index in [1.807, 2.05) is 0 Å². The molecule has 4 N–H and O–H groups in total. The molecule has 1 aliphatic heterocycles. The second kappa shape index (κ2) is 5.19. The normalized spacial score (nSPS) is 22.4. The summed E-state index contributed by atoms with van der Waals surface area (Å²) in [6.45, 7) is 0.188. The number of methoxy groups -OCH3 is 1. The van der Waals surface area contributed by atoms with Crippen molar-refractivity contribution in [3.05, 3.63) is 0 Å². The Hall–Kier alpha value is -1.55. The summed E-state index contributed by atoms with van der Waals surface area (Å²) in [7, 11) is -2.99. The van der Waals surface area contributed by atoms with Gasteiger partial charge >= 0.3 is 16.3 Å². The van der Waals surface area contributed by atoms with Crippen molar-refractivity contribution in [2.45, 2.75) is 18.9 Å². The number of carbonyl (C=O) groups excluding carboxylic acids is 1. The summed E-state index contributed by atoms with van der Waals surface area (Å²) in [5.74, 6) is -0.210. The first-order valence-corrected chi connectivity index (χ1v) is 6.21. The van der Waals surface area contributed by atoms with E-state index in [9.17, 15) is 13.2 Å². The van der Waals surface area contributed by atoms with Crippen LogP contribution in [0.5, 0.6) is 0 Å². The molecule has 17 heavy (non-hydrogen) atoms. The van der Waals surface area contributed by atoms with Crippen molar-refractivity contribution in [1.82, 2.24) is 9.03 Å². The van der Waals surface area contributed by atoms with Crippen LogP contribution in [0.2, 0.25) is 0 Å². The number of amides is 1. The minimum atomic E-state index is -4.04. The molecule has 1 rings (SSSR count). The van der Waals surface area contributed by atoms with E-state index in [4.69, 9.17) is 10.9 Å². The molecule has 98 valence electrons. The van der Waals surface area contributed by atoms with E-state index in [0.29, 0.717) is 12.8 Å². The standard InChI is InChI=1S/C7H14N4O5S/c1-16-7(12)10-17(14,15)11-4-2-3-5(11)6(8)9-13/h5,13H,2-4H2,1H3,(H2,8,9)(H,10,12). The van der Waals surface area contributed by atoms with Crippen molar-refractivity contribution in [2.24, 2.45) is 10.9 Å². The zero-order valence-electron chi connectivity index (χ0n) is 9.16. The Labute approximate surface area is 98.4 Å². The molecule has 0 bridgehead atoms. The first kappa shape index (κ1) is 13.5. The van der Waals surface area contributed by atoms with E-state index in [1.54, 1.807) is 4.72 Å². The molecule has 1 heterocycles. The number of ether oxygens (including phenoxy) is 1. The highest BCUT2D eigenvalue weighted by Gasteiger charge is 2.37. The summed E-state index contributed by atoms with van der Waals surface area (Å²) < 4.78 is 30.4. The molecule has 1 amide bonds. The third-order valence-corrected chi connectivity index (χ3v) is 3.85. The van der Waals surface area contributed by atoms with Gasteiger partial charge in [-0.2, -0.15) is 12.7 Å². The fourth-order valence-corrected chi connectivity index (χ4v) is 2.92. The number of nitrogens with two attached hydrogens (primary N) is 1. The van der Waals surface area contributed by atoms with Crippen LogP contribution in [0.25, 0.3) is 0 Å². The highest BCUT2D eigenvalue weighted by molar-refractivity contribution is 7.87. The van der Waals surface area contributed by atoms with Gasteiger partial charge in [0.15, 0.2) is 5.84 Å². The lowest BCUT2D eigenvalue weighted by Crippen LogP contribution is -2.49. The van der Waals surface area contributed by atoms with Crippen molar-refractivity contribution < 1.29 is 23.2 Å². The average molecular weight is 266 g/mol. The van der Waals surface area contributed by atoms with Crippen LogP contribution in [0.4, 0.5) is 4.79 Å². The fraction of sp³-hybridized carbons (Fsp3) is 0.714. The van der Waals surface area contributed by atoms with Gasteiger partial charge in [-0.15, -0.1) is 0 Å². The van der Waals surface area contributed by atoms with Gasteiger partial charge in [-0.25, -0.2) is 9.52 Å². The van der Waals surface area contributed by atoms with Gasteiger partial charge in [0.1, 0.15) is 0 Å². The summed E-state index contributed by atoms with van der Waals surface area (Å²) in [5, 5.41) is 11.3. The number of carbonyl (C=O) groups is 1. The van der Waals surface area contributed by atoms with Gasteiger partial charge in [0.05, 0.1) is 13.2 Å². The summed E-state index contributed by atoms with van der Waals surface area (Å²) in [6.07, 6.45) is -0.101. The third-order valence-electron chi connectivity index (χ3n) is 2.37. The molecule has 0 aliphatic carbocycles.